The molecule has 6 nitrogen and oxygen atoms in total. The van der Waals surface area contributed by atoms with Crippen molar-refractivity contribution >= 4 is 39.3 Å². The van der Waals surface area contributed by atoms with Crippen LogP contribution in [0.25, 0.3) is 11.3 Å². The van der Waals surface area contributed by atoms with Crippen molar-refractivity contribution in [2.45, 2.75) is 6.92 Å². The molecule has 0 saturated heterocycles. The summed E-state index contributed by atoms with van der Waals surface area (Å²) in [5.74, 6) is -0.740. The van der Waals surface area contributed by atoms with Gasteiger partial charge in [-0.3, -0.25) is 0 Å². The second-order valence-electron chi connectivity index (χ2n) is 4.26. The lowest BCUT2D eigenvalue weighted by Crippen LogP contribution is -2.26. The van der Waals surface area contributed by atoms with Gasteiger partial charge in [-0.05, 0) is 35.0 Å². The van der Waals surface area contributed by atoms with E-state index >= 15 is 0 Å². The smallest absolute Gasteiger partial charge is 0.379 e. The zero-order valence-electron chi connectivity index (χ0n) is 12.1. The van der Waals surface area contributed by atoms with Gasteiger partial charge in [-0.15, -0.1) is 0 Å². The number of methoxy groups -OCH3 is 1. The molecule has 0 saturated carbocycles. The molecule has 0 atom stereocenters. The van der Waals surface area contributed by atoms with Crippen molar-refractivity contribution in [3.05, 3.63) is 39.5 Å². The Morgan fingerprint density at radius 2 is 1.95 bits per heavy atom. The first kappa shape index (κ1) is 16.5. The molecule has 116 valence electrons. The fourth-order valence-corrected chi connectivity index (χ4v) is 2.46. The number of ether oxygens (including phenoxy) is 1. The van der Waals surface area contributed by atoms with E-state index in [1.165, 1.54) is 18.9 Å². The highest BCUT2D eigenvalue weighted by Gasteiger charge is 2.24. The van der Waals surface area contributed by atoms with Gasteiger partial charge >= 0.3 is 5.97 Å². The lowest BCUT2D eigenvalue weighted by molar-refractivity contribution is -0.133. The predicted octanol–water partition coefficient (Wildman–Crippen LogP) is 3.26. The van der Waals surface area contributed by atoms with Crippen molar-refractivity contribution < 1.29 is 14.4 Å². The summed E-state index contributed by atoms with van der Waals surface area (Å²) in [7, 11) is 2.61. The molecule has 0 aliphatic heterocycles. The van der Waals surface area contributed by atoms with Crippen LogP contribution in [0.5, 0.6) is 0 Å². The second kappa shape index (κ2) is 6.93. The molecule has 0 N–H and O–H groups in total. The van der Waals surface area contributed by atoms with Gasteiger partial charge in [0.15, 0.2) is 0 Å². The summed E-state index contributed by atoms with van der Waals surface area (Å²) in [6.45, 7) is 1.81. The predicted molar refractivity (Wildman–Crippen MR) is 87.0 cm³/mol. The Kier molecular flexibility index (Phi) is 5.20. The summed E-state index contributed by atoms with van der Waals surface area (Å²) in [5, 5.41) is 8.65. The Morgan fingerprint density at radius 3 is 2.50 bits per heavy atom. The van der Waals surface area contributed by atoms with Crippen molar-refractivity contribution in [1.29, 1.82) is 0 Å². The highest BCUT2D eigenvalue weighted by molar-refractivity contribution is 9.10. The maximum absolute atomic E-state index is 11.9. The van der Waals surface area contributed by atoms with Crippen molar-refractivity contribution in [1.82, 2.24) is 9.78 Å². The second-order valence-corrected chi connectivity index (χ2v) is 5.49. The quantitative estimate of drug-likeness (QED) is 0.344. The number of aromatic nitrogens is 2. The van der Waals surface area contributed by atoms with E-state index in [2.05, 4.69) is 26.2 Å². The van der Waals surface area contributed by atoms with Crippen LogP contribution in [0.1, 0.15) is 5.69 Å². The summed E-state index contributed by atoms with van der Waals surface area (Å²) in [5.41, 5.74) is 2.15. The fraction of sp³-hybridized carbons (Fsp3) is 0.214. The normalized spacial score (nSPS) is 11.4. The minimum absolute atomic E-state index is 0.0799. The van der Waals surface area contributed by atoms with Crippen molar-refractivity contribution in [3.63, 3.8) is 0 Å². The minimum atomic E-state index is -0.660. The molecule has 1 aromatic carbocycles. The molecule has 1 aromatic heterocycles. The summed E-state index contributed by atoms with van der Waals surface area (Å²) in [6.07, 6.45) is 0. The van der Waals surface area contributed by atoms with Crippen LogP contribution in [0, 0.1) is 6.92 Å². The van der Waals surface area contributed by atoms with Crippen LogP contribution in [0.3, 0.4) is 0 Å². The molecule has 8 heteroatoms. The first-order chi connectivity index (χ1) is 10.5. The van der Waals surface area contributed by atoms with E-state index in [0.29, 0.717) is 16.4 Å². The van der Waals surface area contributed by atoms with E-state index in [4.69, 9.17) is 21.2 Å². The first-order valence-corrected chi connectivity index (χ1v) is 7.37. The number of oxime groups is 1. The molecule has 1 heterocycles. The van der Waals surface area contributed by atoms with E-state index in [-0.39, 0.29) is 5.84 Å². The third-order valence-electron chi connectivity index (χ3n) is 2.85. The van der Waals surface area contributed by atoms with Gasteiger partial charge in [0.05, 0.1) is 23.0 Å². The van der Waals surface area contributed by atoms with E-state index < -0.39 is 5.97 Å². The number of nitrogens with zero attached hydrogens (tertiary/aromatic N) is 3. The van der Waals surface area contributed by atoms with Gasteiger partial charge in [-0.1, -0.05) is 28.9 Å². The number of aryl methyl sites for hydroxylation is 1. The SMILES string of the molecule is CON=C(C(=O)OC)n1nc(C)c(Br)c1-c1ccc(Cl)cc1. The zero-order valence-corrected chi connectivity index (χ0v) is 14.5. The van der Waals surface area contributed by atoms with Gasteiger partial charge in [0, 0.05) is 10.6 Å². The first-order valence-electron chi connectivity index (χ1n) is 6.20. The monoisotopic (exact) mass is 385 g/mol. The van der Waals surface area contributed by atoms with Crippen molar-refractivity contribution in [2.24, 2.45) is 5.16 Å². The topological polar surface area (TPSA) is 65.7 Å². The molecular weight excluding hydrogens is 374 g/mol. The van der Waals surface area contributed by atoms with Crippen LogP contribution in [-0.4, -0.2) is 35.8 Å². The summed E-state index contributed by atoms with van der Waals surface area (Å²) in [6, 6.07) is 7.14. The highest BCUT2D eigenvalue weighted by Crippen LogP contribution is 2.31. The maximum atomic E-state index is 11.9. The third kappa shape index (κ3) is 3.15. The van der Waals surface area contributed by atoms with Crippen LogP contribution in [0.15, 0.2) is 33.9 Å². The molecule has 0 spiro atoms. The van der Waals surface area contributed by atoms with Crippen molar-refractivity contribution in [3.8, 4) is 11.3 Å². The molecule has 2 rings (SSSR count). The lowest BCUT2D eigenvalue weighted by atomic mass is 10.1. The molecule has 0 radical (unpaired) electrons. The highest BCUT2D eigenvalue weighted by atomic mass is 79.9. The van der Waals surface area contributed by atoms with Crippen LogP contribution < -0.4 is 0 Å². The number of benzene rings is 1. The fourth-order valence-electron chi connectivity index (χ4n) is 1.86. The average molecular weight is 387 g/mol. The van der Waals surface area contributed by atoms with E-state index in [1.54, 1.807) is 12.1 Å². The third-order valence-corrected chi connectivity index (χ3v) is 4.05. The maximum Gasteiger partial charge on any atom is 0.379 e. The average Bonchev–Trinajstić information content (AvgIpc) is 2.80. The lowest BCUT2D eigenvalue weighted by Gasteiger charge is -2.09. The Hall–Kier alpha value is -1.86. The number of hydrogen-bond acceptors (Lipinski definition) is 5. The molecule has 0 aliphatic rings. The summed E-state index contributed by atoms with van der Waals surface area (Å²) >= 11 is 9.40. The molecule has 22 heavy (non-hydrogen) atoms. The zero-order chi connectivity index (χ0) is 16.3. The number of carbonyl (C=O) groups excluding carboxylic acids is 1. The van der Waals surface area contributed by atoms with E-state index in [9.17, 15) is 4.79 Å². The van der Waals surface area contributed by atoms with Gasteiger partial charge in [0.2, 0.25) is 0 Å². The summed E-state index contributed by atoms with van der Waals surface area (Å²) < 4.78 is 6.84. The molecule has 0 unspecified atom stereocenters. The Bertz CT molecular complexity index is 726. The minimum Gasteiger partial charge on any atom is -0.463 e. The molecule has 0 fully saturated rings. The Morgan fingerprint density at radius 1 is 1.32 bits per heavy atom. The van der Waals surface area contributed by atoms with Crippen molar-refractivity contribution in [2.75, 3.05) is 14.2 Å². The molecule has 0 bridgehead atoms. The molecule has 0 amide bonds. The number of rotatable bonds is 2. The Balaban J connectivity index is 2.67. The van der Waals surface area contributed by atoms with Gasteiger partial charge in [-0.2, -0.15) is 5.10 Å². The van der Waals surface area contributed by atoms with Gasteiger partial charge in [-0.25, -0.2) is 9.48 Å². The Labute approximate surface area is 140 Å². The van der Waals surface area contributed by atoms with Crippen LogP contribution in [0.2, 0.25) is 5.02 Å². The van der Waals surface area contributed by atoms with Crippen LogP contribution >= 0.6 is 27.5 Å². The van der Waals surface area contributed by atoms with Gasteiger partial charge in [0.1, 0.15) is 7.11 Å². The number of hydrogen-bond donors (Lipinski definition) is 0. The van der Waals surface area contributed by atoms with E-state index in [1.807, 2.05) is 19.1 Å². The van der Waals surface area contributed by atoms with Gasteiger partial charge in [0.25, 0.3) is 5.84 Å². The van der Waals surface area contributed by atoms with E-state index in [0.717, 1.165) is 10.0 Å². The van der Waals surface area contributed by atoms with Crippen LogP contribution in [-0.2, 0) is 14.4 Å². The van der Waals surface area contributed by atoms with Crippen LogP contribution in [0.4, 0.5) is 0 Å². The van der Waals surface area contributed by atoms with Gasteiger partial charge < -0.3 is 9.57 Å². The molecular formula is C14H13BrClN3O3. The number of esters is 1. The number of halogens is 2. The number of carbonyl (C=O) groups is 1. The largest absolute Gasteiger partial charge is 0.463 e. The molecule has 2 aromatic rings. The standard InChI is InChI=1S/C14H13BrClN3O3/c1-8-11(15)12(9-4-6-10(16)7-5-9)19(17-8)13(18-22-3)14(20)21-2/h4-7H,1-3H3. The molecule has 0 aliphatic carbocycles. The summed E-state index contributed by atoms with van der Waals surface area (Å²) in [4.78, 5) is 16.7.